The number of hydrogen-bond donors (Lipinski definition) is 1. The Morgan fingerprint density at radius 1 is 1.50 bits per heavy atom. The van der Waals surface area contributed by atoms with Gasteiger partial charge in [-0.2, -0.15) is 0 Å². The quantitative estimate of drug-likeness (QED) is 0.681. The van der Waals surface area contributed by atoms with Crippen LogP contribution in [0.15, 0.2) is 0 Å². The highest BCUT2D eigenvalue weighted by molar-refractivity contribution is 5.67. The molecule has 1 unspecified atom stereocenters. The molecular weight excluding hydrogens is 156 g/mol. The van der Waals surface area contributed by atoms with Gasteiger partial charge in [-0.15, -0.1) is 0 Å². The Bertz CT molecular complexity index is 196. The summed E-state index contributed by atoms with van der Waals surface area (Å²) in [5, 5.41) is 8.58. The van der Waals surface area contributed by atoms with Crippen molar-refractivity contribution in [2.75, 3.05) is 6.61 Å². The van der Waals surface area contributed by atoms with Crippen LogP contribution in [0.2, 0.25) is 0 Å². The third-order valence-corrected chi connectivity index (χ3v) is 3.01. The predicted molar refractivity (Wildman–Crippen MR) is 42.9 cm³/mol. The number of hydrogen-bond acceptors (Lipinski definition) is 2. The number of ether oxygens (including phenoxy) is 1. The summed E-state index contributed by atoms with van der Waals surface area (Å²) in [4.78, 5) is 10.4. The van der Waals surface area contributed by atoms with Crippen LogP contribution in [0.4, 0.5) is 0 Å². The third kappa shape index (κ3) is 1.61. The molecule has 1 saturated heterocycles. The molecule has 1 spiro atoms. The lowest BCUT2D eigenvalue weighted by Gasteiger charge is -2.28. The first-order chi connectivity index (χ1) is 5.70. The average Bonchev–Trinajstić information content (AvgIpc) is 2.68. The van der Waals surface area contributed by atoms with E-state index in [4.69, 9.17) is 9.84 Å². The Kier molecular flexibility index (Phi) is 1.83. The highest BCUT2D eigenvalue weighted by Gasteiger charge is 2.46. The molecular formula is C9H14O3. The van der Waals surface area contributed by atoms with Gasteiger partial charge < -0.3 is 9.84 Å². The van der Waals surface area contributed by atoms with Gasteiger partial charge in [0.2, 0.25) is 0 Å². The molecule has 2 fully saturated rings. The molecule has 2 aliphatic rings. The lowest BCUT2D eigenvalue weighted by Crippen LogP contribution is -2.28. The lowest BCUT2D eigenvalue weighted by atomic mass is 9.91. The molecule has 2 rings (SSSR count). The van der Waals surface area contributed by atoms with Crippen LogP contribution in [0.1, 0.15) is 32.1 Å². The summed E-state index contributed by atoms with van der Waals surface area (Å²) in [6.45, 7) is 0.762. The first-order valence-electron chi connectivity index (χ1n) is 4.54. The molecule has 1 N–H and O–H groups in total. The second-order valence-corrected chi connectivity index (χ2v) is 4.04. The van der Waals surface area contributed by atoms with E-state index in [1.807, 2.05) is 0 Å². The van der Waals surface area contributed by atoms with Crippen molar-refractivity contribution in [3.8, 4) is 0 Å². The van der Waals surface area contributed by atoms with Gasteiger partial charge in [0.1, 0.15) is 0 Å². The second kappa shape index (κ2) is 2.73. The standard InChI is InChI=1S/C9H14O3/c10-8(11)5-7-6-9(1-2-9)3-4-12-7/h7H,1-6H2,(H,10,11). The maximum Gasteiger partial charge on any atom is 0.305 e. The zero-order chi connectivity index (χ0) is 8.60. The summed E-state index contributed by atoms with van der Waals surface area (Å²) >= 11 is 0. The highest BCUT2D eigenvalue weighted by atomic mass is 16.5. The maximum atomic E-state index is 10.4. The number of aliphatic carboxylic acids is 1. The fourth-order valence-corrected chi connectivity index (χ4v) is 2.04. The number of carboxylic acids is 1. The normalized spacial score (nSPS) is 31.8. The van der Waals surface area contributed by atoms with Crippen molar-refractivity contribution in [3.05, 3.63) is 0 Å². The zero-order valence-electron chi connectivity index (χ0n) is 7.08. The average molecular weight is 170 g/mol. The molecule has 0 aromatic carbocycles. The summed E-state index contributed by atoms with van der Waals surface area (Å²) in [5.74, 6) is -0.738. The molecule has 1 aliphatic carbocycles. The van der Waals surface area contributed by atoms with Gasteiger partial charge >= 0.3 is 5.97 Å². The van der Waals surface area contributed by atoms with Gasteiger partial charge in [-0.3, -0.25) is 4.79 Å². The molecule has 0 aromatic rings. The first-order valence-corrected chi connectivity index (χ1v) is 4.54. The van der Waals surface area contributed by atoms with Crippen LogP contribution >= 0.6 is 0 Å². The number of rotatable bonds is 2. The second-order valence-electron chi connectivity index (χ2n) is 4.04. The van der Waals surface area contributed by atoms with E-state index in [0.29, 0.717) is 5.41 Å². The van der Waals surface area contributed by atoms with E-state index in [2.05, 4.69) is 0 Å². The van der Waals surface area contributed by atoms with Crippen LogP contribution in [0.25, 0.3) is 0 Å². The Labute approximate surface area is 71.7 Å². The fraction of sp³-hybridized carbons (Fsp3) is 0.889. The molecule has 0 radical (unpaired) electrons. The number of carboxylic acid groups (broad SMARTS) is 1. The molecule has 12 heavy (non-hydrogen) atoms. The predicted octanol–water partition coefficient (Wildman–Crippen LogP) is 1.42. The van der Waals surface area contributed by atoms with Gasteiger partial charge in [-0.05, 0) is 31.1 Å². The van der Waals surface area contributed by atoms with Crippen LogP contribution in [0.5, 0.6) is 0 Å². The molecule has 0 aromatic heterocycles. The van der Waals surface area contributed by atoms with E-state index >= 15 is 0 Å². The smallest absolute Gasteiger partial charge is 0.305 e. The van der Waals surface area contributed by atoms with Crippen LogP contribution in [-0.4, -0.2) is 23.8 Å². The SMILES string of the molecule is O=C(O)CC1CC2(CCO1)CC2. The minimum Gasteiger partial charge on any atom is -0.481 e. The third-order valence-electron chi connectivity index (χ3n) is 3.01. The first kappa shape index (κ1) is 8.05. The Morgan fingerprint density at radius 2 is 2.25 bits per heavy atom. The van der Waals surface area contributed by atoms with Gasteiger partial charge in [0, 0.05) is 6.61 Å². The molecule has 1 aliphatic heterocycles. The van der Waals surface area contributed by atoms with Crippen molar-refractivity contribution in [2.45, 2.75) is 38.2 Å². The zero-order valence-corrected chi connectivity index (χ0v) is 7.08. The van der Waals surface area contributed by atoms with E-state index in [-0.39, 0.29) is 12.5 Å². The van der Waals surface area contributed by atoms with E-state index in [1.54, 1.807) is 0 Å². The van der Waals surface area contributed by atoms with Crippen molar-refractivity contribution >= 4 is 5.97 Å². The minimum absolute atomic E-state index is 0.0150. The van der Waals surface area contributed by atoms with Crippen molar-refractivity contribution < 1.29 is 14.6 Å². The largest absolute Gasteiger partial charge is 0.481 e. The minimum atomic E-state index is -0.738. The summed E-state index contributed by atoms with van der Waals surface area (Å²) in [7, 11) is 0. The molecule has 1 saturated carbocycles. The molecule has 3 nitrogen and oxygen atoms in total. The monoisotopic (exact) mass is 170 g/mol. The molecule has 1 atom stereocenters. The summed E-state index contributed by atoms with van der Waals surface area (Å²) in [6.07, 6.45) is 4.85. The Morgan fingerprint density at radius 3 is 2.83 bits per heavy atom. The topological polar surface area (TPSA) is 46.5 Å². The van der Waals surface area contributed by atoms with Crippen molar-refractivity contribution in [3.63, 3.8) is 0 Å². The van der Waals surface area contributed by atoms with Crippen LogP contribution in [-0.2, 0) is 9.53 Å². The summed E-state index contributed by atoms with van der Waals surface area (Å²) in [6, 6.07) is 0. The molecule has 3 heteroatoms. The van der Waals surface area contributed by atoms with Crippen molar-refractivity contribution in [1.82, 2.24) is 0 Å². The van der Waals surface area contributed by atoms with Crippen molar-refractivity contribution in [1.29, 1.82) is 0 Å². The Hall–Kier alpha value is -0.570. The summed E-state index contributed by atoms with van der Waals surface area (Å²) in [5.41, 5.74) is 0.498. The van der Waals surface area contributed by atoms with Crippen LogP contribution in [0.3, 0.4) is 0 Å². The Balaban J connectivity index is 1.86. The lowest BCUT2D eigenvalue weighted by molar-refractivity contribution is -0.141. The van der Waals surface area contributed by atoms with Crippen molar-refractivity contribution in [2.24, 2.45) is 5.41 Å². The van der Waals surface area contributed by atoms with Gasteiger partial charge in [0.25, 0.3) is 0 Å². The molecule has 1 heterocycles. The van der Waals surface area contributed by atoms with E-state index in [1.165, 1.54) is 12.8 Å². The molecule has 0 amide bonds. The molecule has 68 valence electrons. The molecule has 0 bridgehead atoms. The van der Waals surface area contributed by atoms with E-state index in [0.717, 1.165) is 19.4 Å². The summed E-state index contributed by atoms with van der Waals surface area (Å²) < 4.78 is 5.38. The van der Waals surface area contributed by atoms with Gasteiger partial charge in [0.15, 0.2) is 0 Å². The van der Waals surface area contributed by atoms with E-state index in [9.17, 15) is 4.79 Å². The van der Waals surface area contributed by atoms with Crippen LogP contribution in [0, 0.1) is 5.41 Å². The van der Waals surface area contributed by atoms with Crippen LogP contribution < -0.4 is 0 Å². The van der Waals surface area contributed by atoms with Gasteiger partial charge in [0.05, 0.1) is 12.5 Å². The van der Waals surface area contributed by atoms with Gasteiger partial charge in [-0.1, -0.05) is 0 Å². The number of carbonyl (C=O) groups is 1. The fourth-order valence-electron chi connectivity index (χ4n) is 2.04. The highest BCUT2D eigenvalue weighted by Crippen LogP contribution is 2.54. The maximum absolute atomic E-state index is 10.4. The van der Waals surface area contributed by atoms with E-state index < -0.39 is 5.97 Å². The van der Waals surface area contributed by atoms with Gasteiger partial charge in [-0.25, -0.2) is 0 Å².